The van der Waals surface area contributed by atoms with Gasteiger partial charge >= 0.3 is 0 Å². The average molecular weight is 257 g/mol. The van der Waals surface area contributed by atoms with Crippen LogP contribution < -0.4 is 0 Å². The molecule has 4 heteroatoms. The van der Waals surface area contributed by atoms with Crippen LogP contribution in [0.15, 0.2) is 18.3 Å². The van der Waals surface area contributed by atoms with Crippen molar-refractivity contribution in [3.05, 3.63) is 34.7 Å². The maximum absolute atomic E-state index is 6.12. The zero-order valence-corrected chi connectivity index (χ0v) is 11.1. The quantitative estimate of drug-likeness (QED) is 0.705. The van der Waals surface area contributed by atoms with E-state index in [4.69, 9.17) is 23.2 Å². The number of alkyl halides is 1. The SMILES string of the molecule is CC(C)(C)c1nc2c(Cl)cccn2c1CCl. The number of pyridine rings is 1. The lowest BCUT2D eigenvalue weighted by Gasteiger charge is -2.16. The van der Waals surface area contributed by atoms with E-state index in [-0.39, 0.29) is 5.41 Å². The topological polar surface area (TPSA) is 17.3 Å². The van der Waals surface area contributed by atoms with Gasteiger partial charge in [-0.2, -0.15) is 0 Å². The average Bonchev–Trinajstić information content (AvgIpc) is 2.57. The van der Waals surface area contributed by atoms with Crippen molar-refractivity contribution >= 4 is 28.8 Å². The van der Waals surface area contributed by atoms with E-state index in [0.717, 1.165) is 17.0 Å². The van der Waals surface area contributed by atoms with Crippen LogP contribution in [0, 0.1) is 0 Å². The van der Waals surface area contributed by atoms with Crippen LogP contribution in [0.1, 0.15) is 32.2 Å². The van der Waals surface area contributed by atoms with Gasteiger partial charge in [0.1, 0.15) is 0 Å². The molecule has 2 nitrogen and oxygen atoms in total. The van der Waals surface area contributed by atoms with Crippen LogP contribution in [0.3, 0.4) is 0 Å². The normalized spacial score (nSPS) is 12.3. The Morgan fingerprint density at radius 1 is 1.38 bits per heavy atom. The van der Waals surface area contributed by atoms with Gasteiger partial charge in [-0.15, -0.1) is 11.6 Å². The zero-order chi connectivity index (χ0) is 11.9. The molecule has 0 amide bonds. The molecule has 0 saturated heterocycles. The third kappa shape index (κ3) is 1.80. The van der Waals surface area contributed by atoms with Gasteiger partial charge in [-0.25, -0.2) is 4.98 Å². The summed E-state index contributed by atoms with van der Waals surface area (Å²) in [5.74, 6) is 0.439. The second kappa shape index (κ2) is 3.94. The van der Waals surface area contributed by atoms with Crippen molar-refractivity contribution in [3.8, 4) is 0 Å². The van der Waals surface area contributed by atoms with E-state index in [1.807, 2.05) is 22.7 Å². The Kier molecular flexibility index (Phi) is 2.89. The monoisotopic (exact) mass is 256 g/mol. The number of aromatic nitrogens is 2. The van der Waals surface area contributed by atoms with Gasteiger partial charge in [0.25, 0.3) is 0 Å². The maximum atomic E-state index is 6.12. The summed E-state index contributed by atoms with van der Waals surface area (Å²) < 4.78 is 1.97. The molecule has 0 aromatic carbocycles. The van der Waals surface area contributed by atoms with Gasteiger partial charge in [-0.1, -0.05) is 32.4 Å². The fraction of sp³-hybridized carbons (Fsp3) is 0.417. The van der Waals surface area contributed by atoms with Crippen LogP contribution in [0.25, 0.3) is 5.65 Å². The van der Waals surface area contributed by atoms with E-state index >= 15 is 0 Å². The Bertz CT molecular complexity index is 524. The summed E-state index contributed by atoms with van der Waals surface area (Å²) >= 11 is 12.1. The fourth-order valence-electron chi connectivity index (χ4n) is 1.81. The minimum atomic E-state index is -0.0282. The van der Waals surface area contributed by atoms with Crippen molar-refractivity contribution < 1.29 is 0 Å². The summed E-state index contributed by atoms with van der Waals surface area (Å²) in [5.41, 5.74) is 2.78. The van der Waals surface area contributed by atoms with E-state index < -0.39 is 0 Å². The van der Waals surface area contributed by atoms with Gasteiger partial charge in [-0.05, 0) is 12.1 Å². The molecule has 16 heavy (non-hydrogen) atoms. The van der Waals surface area contributed by atoms with Gasteiger partial charge in [0.2, 0.25) is 0 Å². The van der Waals surface area contributed by atoms with Crippen LogP contribution >= 0.6 is 23.2 Å². The summed E-state index contributed by atoms with van der Waals surface area (Å²) in [7, 11) is 0. The van der Waals surface area contributed by atoms with Crippen molar-refractivity contribution in [1.29, 1.82) is 0 Å². The third-order valence-corrected chi connectivity index (χ3v) is 3.09. The molecule has 0 unspecified atom stereocenters. The highest BCUT2D eigenvalue weighted by atomic mass is 35.5. The lowest BCUT2D eigenvalue weighted by Crippen LogP contribution is -2.14. The van der Waals surface area contributed by atoms with Gasteiger partial charge in [-0.3, -0.25) is 0 Å². The lowest BCUT2D eigenvalue weighted by atomic mass is 9.91. The number of fused-ring (bicyclic) bond motifs is 1. The van der Waals surface area contributed by atoms with Crippen molar-refractivity contribution in [3.63, 3.8) is 0 Å². The number of halogens is 2. The molecule has 0 saturated carbocycles. The highest BCUT2D eigenvalue weighted by molar-refractivity contribution is 6.33. The summed E-state index contributed by atoms with van der Waals surface area (Å²) in [6, 6.07) is 3.74. The van der Waals surface area contributed by atoms with E-state index in [1.165, 1.54) is 0 Å². The van der Waals surface area contributed by atoms with Crippen LogP contribution in [0.2, 0.25) is 5.02 Å². The second-order valence-electron chi connectivity index (χ2n) is 4.84. The molecule has 0 radical (unpaired) electrons. The summed E-state index contributed by atoms with van der Waals surface area (Å²) in [6.45, 7) is 6.37. The molecule has 0 aliphatic rings. The van der Waals surface area contributed by atoms with E-state index in [0.29, 0.717) is 10.9 Å². The lowest BCUT2D eigenvalue weighted by molar-refractivity contribution is 0.567. The molecule has 0 aliphatic heterocycles. The van der Waals surface area contributed by atoms with E-state index in [1.54, 1.807) is 0 Å². The molecule has 0 aliphatic carbocycles. The fourth-order valence-corrected chi connectivity index (χ4v) is 2.27. The first-order valence-corrected chi connectivity index (χ1v) is 6.08. The smallest absolute Gasteiger partial charge is 0.156 e. The van der Waals surface area contributed by atoms with E-state index in [2.05, 4.69) is 25.8 Å². The molecule has 0 N–H and O–H groups in total. The summed E-state index contributed by atoms with van der Waals surface area (Å²) in [6.07, 6.45) is 1.95. The van der Waals surface area contributed by atoms with Gasteiger partial charge in [0, 0.05) is 11.6 Å². The second-order valence-corrected chi connectivity index (χ2v) is 5.51. The number of imidazole rings is 1. The zero-order valence-electron chi connectivity index (χ0n) is 9.59. The first-order chi connectivity index (χ1) is 7.45. The van der Waals surface area contributed by atoms with Gasteiger partial charge in [0.15, 0.2) is 5.65 Å². The Morgan fingerprint density at radius 2 is 2.06 bits per heavy atom. The summed E-state index contributed by atoms with van der Waals surface area (Å²) in [5, 5.41) is 0.657. The minimum Gasteiger partial charge on any atom is -0.301 e. The molecule has 0 bridgehead atoms. The Labute approximate surface area is 105 Å². The highest BCUT2D eigenvalue weighted by Gasteiger charge is 2.23. The van der Waals surface area contributed by atoms with Crippen molar-refractivity contribution in [2.45, 2.75) is 32.1 Å². The third-order valence-electron chi connectivity index (χ3n) is 2.54. The first-order valence-electron chi connectivity index (χ1n) is 5.17. The standard InChI is InChI=1S/C12H14Cl2N2/c1-12(2,3)10-9(7-13)16-6-4-5-8(14)11(16)15-10/h4-6H,7H2,1-3H3. The first kappa shape index (κ1) is 11.7. The molecule has 2 heterocycles. The largest absolute Gasteiger partial charge is 0.301 e. The molecule has 2 aromatic heterocycles. The van der Waals surface area contributed by atoms with Crippen LogP contribution in [-0.2, 0) is 11.3 Å². The highest BCUT2D eigenvalue weighted by Crippen LogP contribution is 2.29. The van der Waals surface area contributed by atoms with Crippen LogP contribution in [-0.4, -0.2) is 9.38 Å². The molecular weight excluding hydrogens is 243 g/mol. The number of rotatable bonds is 1. The van der Waals surface area contributed by atoms with Crippen molar-refractivity contribution in [1.82, 2.24) is 9.38 Å². The van der Waals surface area contributed by atoms with E-state index in [9.17, 15) is 0 Å². The molecular formula is C12H14Cl2N2. The Morgan fingerprint density at radius 3 is 2.62 bits per heavy atom. The van der Waals surface area contributed by atoms with Crippen molar-refractivity contribution in [2.24, 2.45) is 0 Å². The molecule has 86 valence electrons. The maximum Gasteiger partial charge on any atom is 0.156 e. The van der Waals surface area contributed by atoms with Crippen LogP contribution in [0.5, 0.6) is 0 Å². The number of hydrogen-bond acceptors (Lipinski definition) is 1. The Balaban J connectivity index is 2.81. The summed E-state index contributed by atoms with van der Waals surface area (Å²) in [4.78, 5) is 4.60. The molecule has 2 rings (SSSR count). The van der Waals surface area contributed by atoms with Gasteiger partial charge < -0.3 is 4.40 Å². The number of hydrogen-bond donors (Lipinski definition) is 0. The predicted molar refractivity (Wildman–Crippen MR) is 68.5 cm³/mol. The number of nitrogens with zero attached hydrogens (tertiary/aromatic N) is 2. The molecule has 0 fully saturated rings. The van der Waals surface area contributed by atoms with Gasteiger partial charge in [0.05, 0.1) is 22.3 Å². The molecule has 2 aromatic rings. The Hall–Kier alpha value is -0.730. The predicted octanol–water partition coefficient (Wildman–Crippen LogP) is 4.02. The van der Waals surface area contributed by atoms with Crippen molar-refractivity contribution in [2.75, 3.05) is 0 Å². The van der Waals surface area contributed by atoms with Crippen LogP contribution in [0.4, 0.5) is 0 Å². The minimum absolute atomic E-state index is 0.0282. The molecule has 0 spiro atoms. The molecule has 0 atom stereocenters.